The number of imidazole rings is 2. The summed E-state index contributed by atoms with van der Waals surface area (Å²) >= 11 is 0. The summed E-state index contributed by atoms with van der Waals surface area (Å²) < 4.78 is 39.4. The summed E-state index contributed by atoms with van der Waals surface area (Å²) in [5.74, 6) is 0.926. The topological polar surface area (TPSA) is 196 Å². The Hall–Kier alpha value is -9.95. The van der Waals surface area contributed by atoms with Crippen LogP contribution in [0.25, 0.3) is 112 Å². The third-order valence-electron chi connectivity index (χ3n) is 16.7. The summed E-state index contributed by atoms with van der Waals surface area (Å²) in [5.41, 5.74) is 16.6. The number of halogens is 2. The van der Waals surface area contributed by atoms with E-state index in [1.165, 1.54) is 36.9 Å². The lowest BCUT2D eigenvalue weighted by molar-refractivity contribution is 0.237. The van der Waals surface area contributed by atoms with E-state index in [0.29, 0.717) is 76.0 Å². The normalized spacial score (nSPS) is 14.9. The van der Waals surface area contributed by atoms with Crippen LogP contribution in [-0.2, 0) is 19.5 Å². The number of aromatic nitrogens is 13. The largest absolute Gasteiger partial charge is 0.492 e. The first-order valence-corrected chi connectivity index (χ1v) is 29.7. The van der Waals surface area contributed by atoms with Crippen LogP contribution in [0.4, 0.5) is 8.78 Å². The molecule has 15 rings (SSSR count). The first kappa shape index (κ1) is 53.8. The van der Waals surface area contributed by atoms with E-state index in [2.05, 4.69) is 91.3 Å². The highest BCUT2D eigenvalue weighted by molar-refractivity contribution is 5.98. The number of aryl methyl sites for hydroxylation is 1. The summed E-state index contributed by atoms with van der Waals surface area (Å²) in [6.07, 6.45) is 13.5. The quantitative estimate of drug-likeness (QED) is 0.0597. The van der Waals surface area contributed by atoms with Crippen LogP contribution in [0.5, 0.6) is 5.75 Å². The van der Waals surface area contributed by atoms with Gasteiger partial charge in [0.1, 0.15) is 41.4 Å². The molecule has 1 unspecified atom stereocenters. The van der Waals surface area contributed by atoms with Crippen LogP contribution in [0.15, 0.2) is 165 Å². The molecule has 2 aliphatic rings. The Morgan fingerprint density at radius 2 is 1.25 bits per heavy atom. The maximum atomic E-state index is 15.7. The molecule has 5 aromatic carbocycles. The zero-order valence-corrected chi connectivity index (χ0v) is 47.6. The van der Waals surface area contributed by atoms with Crippen molar-refractivity contribution in [2.45, 2.75) is 51.2 Å². The monoisotopic (exact) mass is 1150 g/mol. The van der Waals surface area contributed by atoms with E-state index in [-0.39, 0.29) is 17.7 Å². The number of para-hydroxylation sites is 2. The smallest absolute Gasteiger partial charge is 0.161 e. The van der Waals surface area contributed by atoms with Crippen molar-refractivity contribution in [3.63, 3.8) is 0 Å². The Morgan fingerprint density at radius 3 is 2.06 bits per heavy atom. The predicted octanol–water partition coefficient (Wildman–Crippen LogP) is 12.6. The van der Waals surface area contributed by atoms with Gasteiger partial charge in [0.15, 0.2) is 23.0 Å². The molecule has 10 heterocycles. The van der Waals surface area contributed by atoms with Crippen molar-refractivity contribution in [1.82, 2.24) is 80.0 Å². The van der Waals surface area contributed by atoms with Gasteiger partial charge in [0.05, 0.1) is 50.5 Å². The lowest BCUT2D eigenvalue weighted by atomic mass is 9.99. The Balaban J connectivity index is 0.683. The molecule has 4 N–H and O–H groups in total. The van der Waals surface area contributed by atoms with Crippen molar-refractivity contribution >= 4 is 44.1 Å². The van der Waals surface area contributed by atoms with Crippen LogP contribution in [0.1, 0.15) is 48.4 Å². The van der Waals surface area contributed by atoms with Crippen molar-refractivity contribution in [2.75, 3.05) is 45.9 Å². The van der Waals surface area contributed by atoms with Gasteiger partial charge < -0.3 is 24.9 Å². The molecule has 0 spiro atoms. The SMILES string of the molecule is Fc1cc(CCCN2CCC(n3nc(-c4nc5c(-c6cc(F)cc(OCCN7CCCC7)c6)cccc5[nH]4)c4nc(-c5cncc(CNCc6ccccc6)c5)ccc43)C2)cc(-c2cccc3[nH]c(-c4n[nH]c5ccc(-c6cncnc6)nc45)nc23)c1. The number of hydrogen-bond donors (Lipinski definition) is 4. The minimum Gasteiger partial charge on any atom is -0.492 e. The number of ether oxygens (including phenoxy) is 1. The standard InChI is InChI=1S/C68H60F2N16O/c69-49-29-43(27-45(30-49)53-12-6-14-57-61(53)79-67(77-57)65-63-59(81-82-65)17-16-56(75-63)48-38-73-41-74-39-48)11-8-23-85-24-20-51(40-85)86-60-19-18-55(47-28-44(36-72-37-47)35-71-34-42-9-2-1-3-10-42)76-64(60)66(83-86)68-78-58-15-7-13-54(62(58)80-68)46-31-50(70)33-52(32-46)87-26-25-84-21-4-5-22-84/h1-3,6-7,9-10,12-19,27-33,36-39,41,51,71H,4-5,8,11,20-26,34-35,40H2,(H,77,79)(H,78,80)(H,81,82). The average Bonchev–Trinajstić information content (AvgIpc) is 2.63. The van der Waals surface area contributed by atoms with Crippen LogP contribution < -0.4 is 10.1 Å². The number of rotatable bonds is 19. The molecule has 8 aromatic heterocycles. The van der Waals surface area contributed by atoms with Crippen LogP contribution >= 0.6 is 0 Å². The molecule has 13 aromatic rings. The van der Waals surface area contributed by atoms with Crippen LogP contribution in [-0.4, -0.2) is 121 Å². The van der Waals surface area contributed by atoms with E-state index in [1.807, 2.05) is 85.2 Å². The fourth-order valence-electron chi connectivity index (χ4n) is 12.5. The maximum absolute atomic E-state index is 15.7. The van der Waals surface area contributed by atoms with Gasteiger partial charge in [-0.15, -0.1) is 0 Å². The van der Waals surface area contributed by atoms with Crippen molar-refractivity contribution < 1.29 is 13.5 Å². The summed E-state index contributed by atoms with van der Waals surface area (Å²) in [5, 5.41) is 16.6. The lowest BCUT2D eigenvalue weighted by Crippen LogP contribution is -2.25. The van der Waals surface area contributed by atoms with Crippen LogP contribution in [0.3, 0.4) is 0 Å². The van der Waals surface area contributed by atoms with E-state index >= 15 is 8.78 Å². The van der Waals surface area contributed by atoms with Gasteiger partial charge in [0.25, 0.3) is 0 Å². The fourth-order valence-corrected chi connectivity index (χ4v) is 12.5. The third-order valence-corrected chi connectivity index (χ3v) is 16.7. The van der Waals surface area contributed by atoms with Gasteiger partial charge in [-0.25, -0.2) is 38.7 Å². The molecule has 0 saturated carbocycles. The van der Waals surface area contributed by atoms with E-state index in [4.69, 9.17) is 29.8 Å². The molecule has 1 atom stereocenters. The molecular formula is C68H60F2N16O. The number of aromatic amines is 3. The highest BCUT2D eigenvalue weighted by Crippen LogP contribution is 2.38. The first-order chi connectivity index (χ1) is 42.8. The van der Waals surface area contributed by atoms with Crippen molar-refractivity contribution in [3.8, 4) is 73.6 Å². The Kier molecular flexibility index (Phi) is 14.5. The van der Waals surface area contributed by atoms with Gasteiger partial charge in [-0.05, 0) is 146 Å². The molecule has 19 heteroatoms. The Labute approximate surface area is 499 Å². The number of nitrogens with one attached hydrogen (secondary N) is 4. The van der Waals surface area contributed by atoms with Crippen molar-refractivity contribution in [1.29, 1.82) is 0 Å². The number of H-pyrrole nitrogens is 3. The lowest BCUT2D eigenvalue weighted by Gasteiger charge is -2.17. The molecule has 0 amide bonds. The number of benzene rings is 5. The maximum Gasteiger partial charge on any atom is 0.161 e. The minimum absolute atomic E-state index is 0.0430. The zero-order valence-electron chi connectivity index (χ0n) is 47.6. The second kappa shape index (κ2) is 23.5. The van der Waals surface area contributed by atoms with Crippen LogP contribution in [0.2, 0.25) is 0 Å². The zero-order chi connectivity index (χ0) is 58.2. The van der Waals surface area contributed by atoms with Crippen LogP contribution in [0, 0.1) is 11.6 Å². The molecule has 0 aliphatic carbocycles. The molecule has 17 nitrogen and oxygen atoms in total. The molecule has 87 heavy (non-hydrogen) atoms. The summed E-state index contributed by atoms with van der Waals surface area (Å²) in [7, 11) is 0. The Bertz CT molecular complexity index is 4630. The van der Waals surface area contributed by atoms with E-state index < -0.39 is 0 Å². The molecule has 432 valence electrons. The van der Waals surface area contributed by atoms with Crippen molar-refractivity contribution in [2.24, 2.45) is 0 Å². The second-order valence-corrected chi connectivity index (χ2v) is 22.7. The predicted molar refractivity (Wildman–Crippen MR) is 333 cm³/mol. The summed E-state index contributed by atoms with van der Waals surface area (Å²) in [6, 6.07) is 42.5. The highest BCUT2D eigenvalue weighted by Gasteiger charge is 2.29. The van der Waals surface area contributed by atoms with Gasteiger partial charge >= 0.3 is 0 Å². The molecule has 2 fully saturated rings. The van der Waals surface area contributed by atoms with Gasteiger partial charge in [-0.1, -0.05) is 60.7 Å². The number of pyridine rings is 3. The van der Waals surface area contributed by atoms with Gasteiger partial charge in [-0.3, -0.25) is 19.7 Å². The first-order valence-electron chi connectivity index (χ1n) is 29.7. The Morgan fingerprint density at radius 1 is 0.552 bits per heavy atom. The molecule has 0 radical (unpaired) electrons. The van der Waals surface area contributed by atoms with Gasteiger partial charge in [0, 0.05) is 85.8 Å². The van der Waals surface area contributed by atoms with E-state index in [1.54, 1.807) is 24.5 Å². The fraction of sp³-hybridized carbons (Fsp3) is 0.221. The average molecular weight is 1160 g/mol. The van der Waals surface area contributed by atoms with Crippen molar-refractivity contribution in [3.05, 3.63) is 193 Å². The number of hydrogen-bond acceptors (Lipinski definition) is 13. The molecule has 0 bridgehead atoms. The van der Waals surface area contributed by atoms with E-state index in [0.717, 1.165) is 131 Å². The molecule has 2 aliphatic heterocycles. The van der Waals surface area contributed by atoms with Gasteiger partial charge in [0.2, 0.25) is 0 Å². The van der Waals surface area contributed by atoms with E-state index in [9.17, 15) is 0 Å². The number of nitrogens with zero attached hydrogens (tertiary/aromatic N) is 12. The summed E-state index contributed by atoms with van der Waals surface area (Å²) in [4.78, 5) is 45.4. The molecular weight excluding hydrogens is 1090 g/mol. The second-order valence-electron chi connectivity index (χ2n) is 22.7. The number of fused-ring (bicyclic) bond motifs is 4. The minimum atomic E-state index is -0.374. The molecule has 2 saturated heterocycles. The third kappa shape index (κ3) is 11.2. The number of likely N-dealkylation sites (tertiary alicyclic amines) is 2. The highest BCUT2D eigenvalue weighted by atomic mass is 19.1. The summed E-state index contributed by atoms with van der Waals surface area (Å²) in [6.45, 7) is 7.27. The van der Waals surface area contributed by atoms with Gasteiger partial charge in [-0.2, -0.15) is 10.2 Å².